The van der Waals surface area contributed by atoms with Gasteiger partial charge in [0.1, 0.15) is 29.0 Å². The molecule has 1 aliphatic carbocycles. The van der Waals surface area contributed by atoms with Gasteiger partial charge in [0.25, 0.3) is 11.7 Å². The number of allylic oxidation sites excluding steroid dienone is 4. The van der Waals surface area contributed by atoms with Gasteiger partial charge in [0, 0.05) is 68.9 Å². The number of carbonyl (C=O) groups excluding carboxylic acids is 6. The maximum atomic E-state index is 15.1. The summed E-state index contributed by atoms with van der Waals surface area (Å²) in [5.41, 5.74) is -1.15. The van der Waals surface area contributed by atoms with Gasteiger partial charge in [-0.3, -0.25) is 24.0 Å². The monoisotopic (exact) mass is 868 g/mol. The van der Waals surface area contributed by atoms with E-state index >= 15 is 9.59 Å². The zero-order valence-electron chi connectivity index (χ0n) is 37.1. The molecule has 2 aromatic carbocycles. The van der Waals surface area contributed by atoms with E-state index < -0.39 is 94.6 Å². The minimum Gasteiger partial charge on any atom is -0.462 e. The third kappa shape index (κ3) is 9.00. The smallest absolute Gasteiger partial charge is 0.343 e. The number of ketones is 3. The fourth-order valence-electron chi connectivity index (χ4n) is 8.76. The van der Waals surface area contributed by atoms with Crippen LogP contribution in [0.3, 0.4) is 0 Å². The zero-order valence-corrected chi connectivity index (χ0v) is 37.1. The van der Waals surface area contributed by atoms with Crippen molar-refractivity contribution in [3.8, 4) is 11.5 Å². The van der Waals surface area contributed by atoms with Gasteiger partial charge < -0.3 is 44.1 Å². The summed E-state index contributed by atoms with van der Waals surface area (Å²) >= 11 is 0. The number of nitrogens with one attached hydrogen (secondary N) is 1. The van der Waals surface area contributed by atoms with Crippen molar-refractivity contribution >= 4 is 35.2 Å². The molecular weight excluding hydrogens is 813 g/mol. The Morgan fingerprint density at radius 2 is 1.54 bits per heavy atom. The molecule has 5 aliphatic rings. The van der Waals surface area contributed by atoms with E-state index in [4.69, 9.17) is 23.7 Å². The first-order chi connectivity index (χ1) is 29.8. The maximum Gasteiger partial charge on any atom is 0.343 e. The van der Waals surface area contributed by atoms with Crippen LogP contribution < -0.4 is 14.8 Å². The third-order valence-electron chi connectivity index (χ3n) is 12.5. The number of hydrogen-bond acceptors (Lipinski definition) is 14. The predicted octanol–water partition coefficient (Wildman–Crippen LogP) is 5.57. The number of nitrogens with zero attached hydrogens (tertiary/aromatic N) is 1. The summed E-state index contributed by atoms with van der Waals surface area (Å²) in [7, 11) is 1.43. The molecule has 7 rings (SSSR count). The summed E-state index contributed by atoms with van der Waals surface area (Å²) in [6.07, 6.45) is 4.78. The van der Waals surface area contributed by atoms with Crippen LogP contribution in [0.25, 0.3) is 0 Å². The van der Waals surface area contributed by atoms with Crippen LogP contribution >= 0.6 is 0 Å². The van der Waals surface area contributed by atoms with Crippen LogP contribution in [0.5, 0.6) is 11.5 Å². The highest BCUT2D eigenvalue weighted by molar-refractivity contribution is 6.32. The molecule has 1 fully saturated rings. The van der Waals surface area contributed by atoms with E-state index in [1.165, 1.54) is 65.4 Å². The Morgan fingerprint density at radius 1 is 0.873 bits per heavy atom. The van der Waals surface area contributed by atoms with E-state index in [-0.39, 0.29) is 50.7 Å². The summed E-state index contributed by atoms with van der Waals surface area (Å²) in [5.74, 6) is -9.78. The van der Waals surface area contributed by atoms with Crippen LogP contribution in [-0.2, 0) is 23.8 Å². The number of rotatable bonds is 5. The number of carbonyl (C=O) groups is 6. The highest BCUT2D eigenvalue weighted by atomic mass is 16.7. The second-order valence-electron chi connectivity index (χ2n) is 16.9. The lowest BCUT2D eigenvalue weighted by molar-refractivity contribution is -0.160. The predicted molar refractivity (Wildman–Crippen MR) is 229 cm³/mol. The highest BCUT2D eigenvalue weighted by Crippen LogP contribution is 2.50. The first-order valence-electron chi connectivity index (χ1n) is 21.2. The SMILES string of the molecule is CO[C@H]1/C=C\O[C@@]2(C)Oc3c(C)c(OC(=O)c4ccccc4)c4c(c3C2=O)C(=O)C(N2CCCC2)=C(NC(=O)/C(C)=C\C=C/[C@H](C)[C@H](O)[C@@H](C)[C@H](O)[C@H](C)[C@H](OC(C)=O)[C@@H]1C)C4=O. The lowest BCUT2D eigenvalue weighted by Gasteiger charge is -2.38. The van der Waals surface area contributed by atoms with Gasteiger partial charge >= 0.3 is 17.7 Å². The number of aliphatic hydroxyl groups is 2. The number of hydrogen-bond donors (Lipinski definition) is 3. The summed E-state index contributed by atoms with van der Waals surface area (Å²) in [6.45, 7) is 13.2. The number of fused-ring (bicyclic) bond motifs is 14. The number of methoxy groups -OCH3 is 1. The molecule has 0 spiro atoms. The molecule has 5 bridgehead atoms. The second kappa shape index (κ2) is 18.8. The van der Waals surface area contributed by atoms with Crippen molar-refractivity contribution in [2.45, 2.75) is 98.4 Å². The van der Waals surface area contributed by atoms with Gasteiger partial charge in [-0.25, -0.2) is 4.79 Å². The Morgan fingerprint density at radius 3 is 2.17 bits per heavy atom. The molecule has 15 heteroatoms. The number of amides is 1. The van der Waals surface area contributed by atoms with Gasteiger partial charge in [-0.15, -0.1) is 0 Å². The zero-order chi connectivity index (χ0) is 46.1. The minimum absolute atomic E-state index is 0.0477. The Hall–Kier alpha value is -5.90. The fourth-order valence-corrected chi connectivity index (χ4v) is 8.76. The first kappa shape index (κ1) is 46.6. The van der Waals surface area contributed by atoms with Crippen molar-refractivity contribution in [2.24, 2.45) is 23.7 Å². The first-order valence-corrected chi connectivity index (χ1v) is 21.2. The number of aliphatic hydroxyl groups excluding tert-OH is 2. The van der Waals surface area contributed by atoms with E-state index in [2.05, 4.69) is 5.32 Å². The molecule has 0 unspecified atom stereocenters. The minimum atomic E-state index is -2.12. The van der Waals surface area contributed by atoms with Crippen LogP contribution in [0.1, 0.15) is 108 Å². The molecule has 0 radical (unpaired) electrons. The molecule has 1 amide bonds. The van der Waals surface area contributed by atoms with Crippen LogP contribution in [-0.4, -0.2) is 101 Å². The summed E-state index contributed by atoms with van der Waals surface area (Å²) in [6, 6.07) is 8.00. The van der Waals surface area contributed by atoms with E-state index in [1.54, 1.807) is 62.9 Å². The Balaban J connectivity index is 1.54. The van der Waals surface area contributed by atoms with Crippen LogP contribution in [0.15, 0.2) is 77.9 Å². The normalized spacial score (nSPS) is 31.1. The van der Waals surface area contributed by atoms with Crippen molar-refractivity contribution < 1.29 is 62.7 Å². The molecular formula is C48H56N2O13. The highest BCUT2D eigenvalue weighted by Gasteiger charge is 2.53. The van der Waals surface area contributed by atoms with Crippen molar-refractivity contribution in [1.82, 2.24) is 10.2 Å². The molecule has 63 heavy (non-hydrogen) atoms. The van der Waals surface area contributed by atoms with E-state index in [1.807, 2.05) is 0 Å². The molecule has 2 aromatic rings. The molecule has 4 heterocycles. The average Bonchev–Trinajstić information content (AvgIpc) is 3.89. The number of Topliss-reactive ketones (excluding diaryl/α,β-unsaturated/α-hetero) is 3. The summed E-state index contributed by atoms with van der Waals surface area (Å²) < 4.78 is 29.9. The van der Waals surface area contributed by atoms with Gasteiger partial charge in [0.05, 0.1) is 46.8 Å². The lowest BCUT2D eigenvalue weighted by Crippen LogP contribution is -2.46. The maximum absolute atomic E-state index is 15.1. The topological polar surface area (TPSA) is 204 Å². The van der Waals surface area contributed by atoms with Crippen LogP contribution in [0, 0.1) is 30.6 Å². The summed E-state index contributed by atoms with van der Waals surface area (Å²) in [4.78, 5) is 86.6. The van der Waals surface area contributed by atoms with Crippen molar-refractivity contribution in [3.63, 3.8) is 0 Å². The molecule has 15 nitrogen and oxygen atoms in total. The van der Waals surface area contributed by atoms with Crippen LogP contribution in [0.2, 0.25) is 0 Å². The van der Waals surface area contributed by atoms with Gasteiger partial charge in [-0.1, -0.05) is 64.1 Å². The van der Waals surface area contributed by atoms with Crippen molar-refractivity contribution in [2.75, 3.05) is 20.2 Å². The van der Waals surface area contributed by atoms with E-state index in [0.717, 1.165) is 0 Å². The van der Waals surface area contributed by atoms with Crippen molar-refractivity contribution in [1.29, 1.82) is 0 Å². The molecule has 9 atom stereocenters. The van der Waals surface area contributed by atoms with Crippen molar-refractivity contribution in [3.05, 3.63) is 106 Å². The van der Waals surface area contributed by atoms with Gasteiger partial charge in [0.2, 0.25) is 11.6 Å². The Bertz CT molecular complexity index is 2310. The largest absolute Gasteiger partial charge is 0.462 e. The summed E-state index contributed by atoms with van der Waals surface area (Å²) in [5, 5.41) is 25.7. The molecule has 0 saturated carbocycles. The average molecular weight is 869 g/mol. The quantitative estimate of drug-likeness (QED) is 0.249. The van der Waals surface area contributed by atoms with Gasteiger partial charge in [0.15, 0.2) is 0 Å². The molecule has 4 aliphatic heterocycles. The number of likely N-dealkylation sites (tertiary alicyclic amines) is 1. The number of benzene rings is 2. The Labute approximate surface area is 366 Å². The number of esters is 2. The third-order valence-corrected chi connectivity index (χ3v) is 12.5. The fraction of sp³-hybridized carbons (Fsp3) is 0.458. The van der Waals surface area contributed by atoms with E-state index in [9.17, 15) is 29.4 Å². The van der Waals surface area contributed by atoms with Crippen LogP contribution in [0.4, 0.5) is 0 Å². The molecule has 336 valence electrons. The van der Waals surface area contributed by atoms with Gasteiger partial charge in [-0.05, 0) is 44.9 Å². The van der Waals surface area contributed by atoms with E-state index in [0.29, 0.717) is 25.9 Å². The molecule has 3 N–H and O–H groups in total. The number of ether oxygens (including phenoxy) is 5. The van der Waals surface area contributed by atoms with Gasteiger partial charge in [-0.2, -0.15) is 0 Å². The standard InChI is InChI=1S/C48H56N2O13/c1-24-16-15-17-25(2)46(57)49-36-37(50-21-13-14-22-50)41(55)33-34(40(36)54)43(62-47(58)31-18-11-10-12-19-31)29(6)44-35(33)45(56)48(8,63-44)60-23-20-32(59-9)26(3)42(61-30(7)51)28(5)39(53)27(4)38(24)52/h10-12,15-20,23-24,26-28,32,38-39,42,52-53H,13-14,21-22H2,1-9H3,(H,49,57)/b16-15-,23-20-,25-17-/t24-,26+,27+,28-,32-,38-,39-,42+,48-/m0/s1. The molecule has 1 saturated heterocycles. The Kier molecular flexibility index (Phi) is 13.9. The lowest BCUT2D eigenvalue weighted by atomic mass is 9.78. The molecule has 0 aromatic heterocycles. The second-order valence-corrected chi connectivity index (χ2v) is 16.9.